The summed E-state index contributed by atoms with van der Waals surface area (Å²) < 4.78 is 5.37. The van der Waals surface area contributed by atoms with E-state index in [9.17, 15) is 5.11 Å². The van der Waals surface area contributed by atoms with Gasteiger partial charge >= 0.3 is 0 Å². The van der Waals surface area contributed by atoms with Crippen molar-refractivity contribution in [1.82, 2.24) is 4.90 Å². The molecule has 1 aromatic rings. The molecular formula is C12H18N2O3. The Morgan fingerprint density at radius 1 is 1.47 bits per heavy atom. The number of benzene rings is 1. The molecule has 0 aromatic heterocycles. The van der Waals surface area contributed by atoms with Crippen LogP contribution in [0.2, 0.25) is 0 Å². The molecule has 1 unspecified atom stereocenters. The van der Waals surface area contributed by atoms with E-state index in [1.54, 1.807) is 18.2 Å². The van der Waals surface area contributed by atoms with Gasteiger partial charge in [0.2, 0.25) is 0 Å². The fourth-order valence-corrected chi connectivity index (χ4v) is 2.01. The third kappa shape index (κ3) is 3.09. The van der Waals surface area contributed by atoms with E-state index >= 15 is 0 Å². The monoisotopic (exact) mass is 238 g/mol. The van der Waals surface area contributed by atoms with Crippen LogP contribution in [0.15, 0.2) is 18.2 Å². The van der Waals surface area contributed by atoms with E-state index in [4.69, 9.17) is 15.6 Å². The number of phenolic OH excluding ortho intramolecular Hbond substituents is 1. The maximum absolute atomic E-state index is 9.73. The molecule has 1 fully saturated rings. The number of phenols is 1. The van der Waals surface area contributed by atoms with Crippen LogP contribution in [0.1, 0.15) is 5.56 Å². The van der Waals surface area contributed by atoms with Gasteiger partial charge in [-0.25, -0.2) is 0 Å². The summed E-state index contributed by atoms with van der Waals surface area (Å²) in [5.41, 5.74) is 7.14. The van der Waals surface area contributed by atoms with Crippen molar-refractivity contribution in [1.29, 1.82) is 0 Å². The highest BCUT2D eigenvalue weighted by atomic mass is 16.5. The first-order valence-electron chi connectivity index (χ1n) is 5.71. The van der Waals surface area contributed by atoms with Crippen LogP contribution in [0.3, 0.4) is 0 Å². The van der Waals surface area contributed by atoms with Gasteiger partial charge in [0.1, 0.15) is 5.75 Å². The van der Waals surface area contributed by atoms with Crippen molar-refractivity contribution in [2.75, 3.05) is 32.0 Å². The Morgan fingerprint density at radius 3 is 3.06 bits per heavy atom. The summed E-state index contributed by atoms with van der Waals surface area (Å²) in [7, 11) is 0. The predicted octanol–water partition coefficient (Wildman–Crippen LogP) is 0.167. The Labute approximate surface area is 100 Å². The molecule has 1 aromatic carbocycles. The second-order valence-electron chi connectivity index (χ2n) is 4.30. The Bertz CT molecular complexity index is 384. The van der Waals surface area contributed by atoms with Gasteiger partial charge in [-0.15, -0.1) is 0 Å². The number of anilines is 1. The first kappa shape index (κ1) is 12.2. The molecule has 0 radical (unpaired) electrons. The van der Waals surface area contributed by atoms with Crippen molar-refractivity contribution in [3.63, 3.8) is 0 Å². The number of nitrogens with two attached hydrogens (primary N) is 1. The highest BCUT2D eigenvalue weighted by Gasteiger charge is 2.20. The molecule has 4 N–H and O–H groups in total. The number of hydrogen-bond donors (Lipinski definition) is 3. The molecule has 5 heteroatoms. The molecule has 2 rings (SSSR count). The van der Waals surface area contributed by atoms with Gasteiger partial charge in [0.05, 0.1) is 19.3 Å². The number of morpholine rings is 1. The molecule has 0 amide bonds. The minimum Gasteiger partial charge on any atom is -0.508 e. The van der Waals surface area contributed by atoms with Crippen molar-refractivity contribution >= 4 is 5.69 Å². The normalized spacial score (nSPS) is 21.6. The van der Waals surface area contributed by atoms with Crippen molar-refractivity contribution in [3.8, 4) is 5.75 Å². The zero-order chi connectivity index (χ0) is 12.3. The number of hydrogen-bond acceptors (Lipinski definition) is 5. The Hall–Kier alpha value is -1.30. The maximum atomic E-state index is 9.73. The second kappa shape index (κ2) is 5.35. The number of aliphatic hydroxyl groups excluding tert-OH is 1. The molecule has 0 spiro atoms. The van der Waals surface area contributed by atoms with E-state index in [-0.39, 0.29) is 18.5 Å². The second-order valence-corrected chi connectivity index (χ2v) is 4.30. The molecule has 5 nitrogen and oxygen atoms in total. The van der Waals surface area contributed by atoms with Gasteiger partial charge in [-0.1, -0.05) is 0 Å². The molecule has 1 aliphatic rings. The fourth-order valence-electron chi connectivity index (χ4n) is 2.01. The van der Waals surface area contributed by atoms with Gasteiger partial charge in [0.15, 0.2) is 0 Å². The van der Waals surface area contributed by atoms with E-state index in [0.717, 1.165) is 12.1 Å². The minimum absolute atomic E-state index is 0.0272. The first-order chi connectivity index (χ1) is 8.19. The van der Waals surface area contributed by atoms with Crippen LogP contribution < -0.4 is 5.73 Å². The smallest absolute Gasteiger partial charge is 0.120 e. The first-order valence-corrected chi connectivity index (χ1v) is 5.71. The standard InChI is InChI=1S/C12H18N2O3/c13-10-1-2-12(16)9(5-10)6-14-3-4-17-11(7-14)8-15/h1-2,5,11,15-16H,3-4,6-8,13H2. The lowest BCUT2D eigenvalue weighted by Crippen LogP contribution is -2.43. The van der Waals surface area contributed by atoms with Gasteiger partial charge in [-0.05, 0) is 18.2 Å². The van der Waals surface area contributed by atoms with Gasteiger partial charge in [-0.2, -0.15) is 0 Å². The summed E-state index contributed by atoms with van der Waals surface area (Å²) in [6.07, 6.45) is -0.132. The number of aliphatic hydroxyl groups is 1. The van der Waals surface area contributed by atoms with E-state index in [1.165, 1.54) is 0 Å². The summed E-state index contributed by atoms with van der Waals surface area (Å²) in [6, 6.07) is 5.06. The fraction of sp³-hybridized carbons (Fsp3) is 0.500. The molecule has 0 saturated carbocycles. The van der Waals surface area contributed by atoms with Crippen LogP contribution in [-0.2, 0) is 11.3 Å². The van der Waals surface area contributed by atoms with Crippen LogP contribution in [0.4, 0.5) is 5.69 Å². The molecule has 0 aliphatic carbocycles. The van der Waals surface area contributed by atoms with E-state index in [2.05, 4.69) is 4.90 Å². The van der Waals surface area contributed by atoms with Crippen molar-refractivity contribution < 1.29 is 14.9 Å². The number of aromatic hydroxyl groups is 1. The Balaban J connectivity index is 2.02. The van der Waals surface area contributed by atoms with Crippen molar-refractivity contribution in [2.24, 2.45) is 0 Å². The molecule has 94 valence electrons. The summed E-state index contributed by atoms with van der Waals surface area (Å²) in [5.74, 6) is 0.256. The number of rotatable bonds is 3. The van der Waals surface area contributed by atoms with Gasteiger partial charge in [0.25, 0.3) is 0 Å². The van der Waals surface area contributed by atoms with Gasteiger partial charge in [0, 0.05) is 30.9 Å². The molecule has 1 saturated heterocycles. The van der Waals surface area contributed by atoms with Crippen molar-refractivity contribution in [3.05, 3.63) is 23.8 Å². The lowest BCUT2D eigenvalue weighted by Gasteiger charge is -2.32. The number of nitrogen functional groups attached to an aromatic ring is 1. The average Bonchev–Trinajstić information content (AvgIpc) is 2.34. The topological polar surface area (TPSA) is 79.0 Å². The van der Waals surface area contributed by atoms with Crippen LogP contribution in [-0.4, -0.2) is 47.5 Å². The zero-order valence-electron chi connectivity index (χ0n) is 9.67. The summed E-state index contributed by atoms with van der Waals surface area (Å²) >= 11 is 0. The van der Waals surface area contributed by atoms with Gasteiger partial charge < -0.3 is 20.7 Å². The molecule has 0 bridgehead atoms. The summed E-state index contributed by atoms with van der Waals surface area (Å²) in [5, 5.41) is 18.8. The number of nitrogens with zero attached hydrogens (tertiary/aromatic N) is 1. The minimum atomic E-state index is -0.132. The van der Waals surface area contributed by atoms with Crippen LogP contribution >= 0.6 is 0 Å². The third-order valence-electron chi connectivity index (χ3n) is 2.92. The molecule has 17 heavy (non-hydrogen) atoms. The summed E-state index contributed by atoms with van der Waals surface area (Å²) in [4.78, 5) is 2.14. The maximum Gasteiger partial charge on any atom is 0.120 e. The molecular weight excluding hydrogens is 220 g/mol. The SMILES string of the molecule is Nc1ccc(O)c(CN2CCOC(CO)C2)c1. The lowest BCUT2D eigenvalue weighted by molar-refractivity contribution is -0.0552. The van der Waals surface area contributed by atoms with Gasteiger partial charge in [-0.3, -0.25) is 4.90 Å². The summed E-state index contributed by atoms with van der Waals surface area (Å²) in [6.45, 7) is 2.72. The predicted molar refractivity (Wildman–Crippen MR) is 64.6 cm³/mol. The number of ether oxygens (including phenoxy) is 1. The Kier molecular flexibility index (Phi) is 3.83. The zero-order valence-corrected chi connectivity index (χ0v) is 9.67. The Morgan fingerprint density at radius 2 is 2.29 bits per heavy atom. The largest absolute Gasteiger partial charge is 0.508 e. The lowest BCUT2D eigenvalue weighted by atomic mass is 10.1. The van der Waals surface area contributed by atoms with Crippen LogP contribution in [0, 0.1) is 0 Å². The highest BCUT2D eigenvalue weighted by molar-refractivity contribution is 5.47. The third-order valence-corrected chi connectivity index (χ3v) is 2.92. The van der Waals surface area contributed by atoms with E-state index in [0.29, 0.717) is 25.4 Å². The average molecular weight is 238 g/mol. The van der Waals surface area contributed by atoms with E-state index in [1.807, 2.05) is 0 Å². The van der Waals surface area contributed by atoms with Crippen LogP contribution in [0.25, 0.3) is 0 Å². The van der Waals surface area contributed by atoms with Crippen molar-refractivity contribution in [2.45, 2.75) is 12.6 Å². The molecule has 1 heterocycles. The quantitative estimate of drug-likeness (QED) is 0.516. The van der Waals surface area contributed by atoms with E-state index < -0.39 is 0 Å². The van der Waals surface area contributed by atoms with Crippen LogP contribution in [0.5, 0.6) is 5.75 Å². The molecule has 1 aliphatic heterocycles. The molecule has 1 atom stereocenters. The highest BCUT2D eigenvalue weighted by Crippen LogP contribution is 2.22.